The number of para-hydroxylation sites is 1. The molecule has 0 N–H and O–H groups in total. The number of rotatable bonds is 2. The van der Waals surface area contributed by atoms with Crippen LogP contribution in [0.5, 0.6) is 0 Å². The molecule has 2 heterocycles. The molecule has 8 heteroatoms. The summed E-state index contributed by atoms with van der Waals surface area (Å²) in [4.78, 5) is 26.7. The Morgan fingerprint density at radius 1 is 1.43 bits per heavy atom. The van der Waals surface area contributed by atoms with E-state index >= 15 is 0 Å². The largest absolute Gasteiger partial charge is 0.465 e. The monoisotopic (exact) mass is 322 g/mol. The first-order valence-corrected chi connectivity index (χ1v) is 7.02. The van der Waals surface area contributed by atoms with Gasteiger partial charge in [-0.3, -0.25) is 10.1 Å². The average Bonchev–Trinajstić information content (AvgIpc) is 2.92. The van der Waals surface area contributed by atoms with Crippen LogP contribution in [0.2, 0.25) is 5.15 Å². The van der Waals surface area contributed by atoms with Gasteiger partial charge >= 0.3 is 11.0 Å². The molecule has 0 amide bonds. The molecule has 0 aliphatic carbocycles. The van der Waals surface area contributed by atoms with Crippen molar-refractivity contribution in [2.75, 3.05) is 7.11 Å². The third-order valence-electron chi connectivity index (χ3n) is 3.08. The summed E-state index contributed by atoms with van der Waals surface area (Å²) < 4.78 is 4.70. The fraction of sp³-hybridized carbons (Fsp3) is 0.0769. The minimum atomic E-state index is -0.568. The Morgan fingerprint density at radius 3 is 2.86 bits per heavy atom. The van der Waals surface area contributed by atoms with E-state index in [1.807, 2.05) is 0 Å². The summed E-state index contributed by atoms with van der Waals surface area (Å²) in [5.41, 5.74) is 0.516. The molecule has 0 fully saturated rings. The Morgan fingerprint density at radius 2 is 2.19 bits per heavy atom. The highest BCUT2D eigenvalue weighted by atomic mass is 35.5. The van der Waals surface area contributed by atoms with Gasteiger partial charge in [0.15, 0.2) is 0 Å². The zero-order valence-electron chi connectivity index (χ0n) is 10.6. The molecule has 0 unspecified atom stereocenters. The van der Waals surface area contributed by atoms with Crippen LogP contribution in [0.25, 0.3) is 21.7 Å². The van der Waals surface area contributed by atoms with Gasteiger partial charge in [-0.05, 0) is 6.07 Å². The number of halogens is 1. The van der Waals surface area contributed by atoms with E-state index in [4.69, 9.17) is 16.3 Å². The van der Waals surface area contributed by atoms with Crippen molar-refractivity contribution in [3.05, 3.63) is 44.4 Å². The smallest absolute Gasteiger partial charge is 0.340 e. The Labute approximate surface area is 127 Å². The normalized spacial score (nSPS) is 11.0. The Bertz CT molecular complexity index is 906. The molecule has 0 aliphatic heterocycles. The number of methoxy groups -OCH3 is 1. The zero-order chi connectivity index (χ0) is 15.1. The van der Waals surface area contributed by atoms with Gasteiger partial charge in [-0.1, -0.05) is 35.1 Å². The Balaban J connectivity index is 2.52. The summed E-state index contributed by atoms with van der Waals surface area (Å²) in [5, 5.41) is 14.3. The molecule has 0 saturated heterocycles. The van der Waals surface area contributed by atoms with Gasteiger partial charge in [-0.15, -0.1) is 0 Å². The number of carbonyl (C=O) groups excluding carboxylic acids is 1. The predicted molar refractivity (Wildman–Crippen MR) is 80.1 cm³/mol. The quantitative estimate of drug-likeness (QED) is 0.310. The van der Waals surface area contributed by atoms with Crippen molar-refractivity contribution in [1.82, 2.24) is 4.98 Å². The molecule has 0 atom stereocenters. The Hall–Kier alpha value is -2.25. The molecule has 0 aliphatic rings. The van der Waals surface area contributed by atoms with Gasteiger partial charge in [-0.25, -0.2) is 9.78 Å². The second-order valence-electron chi connectivity index (χ2n) is 4.18. The van der Waals surface area contributed by atoms with Crippen LogP contribution in [0.15, 0.2) is 23.6 Å². The first kappa shape index (κ1) is 13.7. The van der Waals surface area contributed by atoms with Crippen LogP contribution in [0.4, 0.5) is 5.00 Å². The second kappa shape index (κ2) is 4.94. The van der Waals surface area contributed by atoms with Crippen molar-refractivity contribution in [3.8, 4) is 0 Å². The van der Waals surface area contributed by atoms with E-state index in [0.29, 0.717) is 21.7 Å². The summed E-state index contributed by atoms with van der Waals surface area (Å²) in [6.45, 7) is 0. The number of benzene rings is 1. The van der Waals surface area contributed by atoms with Gasteiger partial charge in [-0.2, -0.15) is 0 Å². The van der Waals surface area contributed by atoms with Crippen molar-refractivity contribution < 1.29 is 14.5 Å². The summed E-state index contributed by atoms with van der Waals surface area (Å²) in [7, 11) is 1.26. The molecule has 2 aromatic heterocycles. The van der Waals surface area contributed by atoms with Crippen LogP contribution >= 0.6 is 22.9 Å². The van der Waals surface area contributed by atoms with Gasteiger partial charge in [0.25, 0.3) is 0 Å². The van der Waals surface area contributed by atoms with Crippen LogP contribution in [0, 0.1) is 10.1 Å². The van der Waals surface area contributed by atoms with Crippen LogP contribution in [0.1, 0.15) is 10.4 Å². The molecule has 106 valence electrons. The number of aromatic nitrogens is 1. The molecule has 21 heavy (non-hydrogen) atoms. The number of carbonyl (C=O) groups is 1. The van der Waals surface area contributed by atoms with Gasteiger partial charge in [0.2, 0.25) is 0 Å². The van der Waals surface area contributed by atoms with Gasteiger partial charge in [0.1, 0.15) is 5.15 Å². The van der Waals surface area contributed by atoms with E-state index in [2.05, 4.69) is 4.98 Å². The van der Waals surface area contributed by atoms with E-state index in [9.17, 15) is 14.9 Å². The first-order valence-electron chi connectivity index (χ1n) is 5.76. The summed E-state index contributed by atoms with van der Waals surface area (Å²) >= 11 is 7.07. The van der Waals surface area contributed by atoms with Gasteiger partial charge in [0.05, 0.1) is 28.5 Å². The lowest BCUT2D eigenvalue weighted by molar-refractivity contribution is -0.378. The zero-order valence-corrected chi connectivity index (χ0v) is 12.2. The van der Waals surface area contributed by atoms with Crippen molar-refractivity contribution in [3.63, 3.8) is 0 Å². The average molecular weight is 323 g/mol. The molecule has 0 spiro atoms. The molecule has 6 nitrogen and oxygen atoms in total. The number of hydrogen-bond donors (Lipinski definition) is 0. The second-order valence-corrected chi connectivity index (χ2v) is 5.40. The highest BCUT2D eigenvalue weighted by molar-refractivity contribution is 7.15. The fourth-order valence-electron chi connectivity index (χ4n) is 2.19. The number of esters is 1. The molecule has 3 rings (SSSR count). The van der Waals surface area contributed by atoms with E-state index in [1.54, 1.807) is 23.6 Å². The topological polar surface area (TPSA) is 82.3 Å². The number of fused-ring (bicyclic) bond motifs is 3. The highest BCUT2D eigenvalue weighted by Crippen LogP contribution is 2.40. The molecular formula is C13H7ClN2O4S. The van der Waals surface area contributed by atoms with Gasteiger partial charge < -0.3 is 4.74 Å². The lowest BCUT2D eigenvalue weighted by Gasteiger charge is -2.06. The first-order chi connectivity index (χ1) is 10.0. The molecule has 0 saturated carbocycles. The third-order valence-corrected chi connectivity index (χ3v) is 4.30. The molecule has 0 radical (unpaired) electrons. The maximum Gasteiger partial charge on any atom is 0.340 e. The number of hydrogen-bond acceptors (Lipinski definition) is 6. The number of pyridine rings is 1. The van der Waals surface area contributed by atoms with Gasteiger partial charge in [0, 0.05) is 16.2 Å². The third kappa shape index (κ3) is 2.01. The fourth-order valence-corrected chi connectivity index (χ4v) is 3.37. The van der Waals surface area contributed by atoms with Crippen LogP contribution in [-0.4, -0.2) is 23.0 Å². The molecule has 0 bridgehead atoms. The SMILES string of the molecule is COC(=O)c1cccc2c1nc(Cl)c1csc([N+](=O)[O-])c12. The number of nitrogens with zero attached hydrogens (tertiary/aromatic N) is 2. The number of ether oxygens (including phenoxy) is 1. The van der Waals surface area contributed by atoms with Crippen LogP contribution in [-0.2, 0) is 4.74 Å². The highest BCUT2D eigenvalue weighted by Gasteiger charge is 2.23. The molecular weight excluding hydrogens is 316 g/mol. The van der Waals surface area contributed by atoms with Crippen LogP contribution in [0.3, 0.4) is 0 Å². The molecule has 1 aromatic carbocycles. The van der Waals surface area contributed by atoms with Crippen molar-refractivity contribution >= 4 is 55.6 Å². The maximum atomic E-state index is 11.8. The van der Waals surface area contributed by atoms with E-state index in [0.717, 1.165) is 11.3 Å². The summed E-state index contributed by atoms with van der Waals surface area (Å²) in [6.07, 6.45) is 0. The predicted octanol–water partition coefficient (Wildman–Crippen LogP) is 3.80. The van der Waals surface area contributed by atoms with Crippen molar-refractivity contribution in [1.29, 1.82) is 0 Å². The van der Waals surface area contributed by atoms with E-state index < -0.39 is 10.9 Å². The summed E-state index contributed by atoms with van der Waals surface area (Å²) in [6, 6.07) is 4.85. The summed E-state index contributed by atoms with van der Waals surface area (Å²) in [5.74, 6) is -0.568. The lowest BCUT2D eigenvalue weighted by Crippen LogP contribution is -2.03. The van der Waals surface area contributed by atoms with Crippen molar-refractivity contribution in [2.24, 2.45) is 0 Å². The maximum absolute atomic E-state index is 11.8. The number of nitro groups is 1. The number of thiophene rings is 1. The van der Waals surface area contributed by atoms with Crippen molar-refractivity contribution in [2.45, 2.75) is 0 Å². The standard InChI is InChI=1S/C13H7ClN2O4S/c1-20-13(17)7-4-2-3-6-9-8(11(14)15-10(6)7)5-21-12(9)16(18)19/h2-5H,1H3. The van der Waals surface area contributed by atoms with Crippen LogP contribution < -0.4 is 0 Å². The lowest BCUT2D eigenvalue weighted by atomic mass is 10.1. The van der Waals surface area contributed by atoms with E-state index in [-0.39, 0.29) is 15.7 Å². The van der Waals surface area contributed by atoms with E-state index in [1.165, 1.54) is 7.11 Å². The minimum absolute atomic E-state index is 0.0266. The molecule has 3 aromatic rings. The minimum Gasteiger partial charge on any atom is -0.465 e. The Kier molecular flexibility index (Phi) is 3.23.